The molecule has 126 valence electrons. The van der Waals surface area contributed by atoms with Gasteiger partial charge in [0.25, 0.3) is 5.91 Å². The number of carbonyl (C=O) groups is 1. The van der Waals surface area contributed by atoms with Crippen LogP contribution in [-0.2, 0) is 0 Å². The molecule has 1 fully saturated rings. The van der Waals surface area contributed by atoms with E-state index in [1.54, 1.807) is 19.1 Å². The summed E-state index contributed by atoms with van der Waals surface area (Å²) in [6.45, 7) is 6.57. The topological polar surface area (TPSA) is 70.7 Å². The summed E-state index contributed by atoms with van der Waals surface area (Å²) in [7, 11) is 0. The Morgan fingerprint density at radius 3 is 2.78 bits per heavy atom. The molecule has 0 saturated carbocycles. The number of piperidine rings is 1. The van der Waals surface area contributed by atoms with Crippen molar-refractivity contribution in [3.63, 3.8) is 0 Å². The molecular formula is C17H25FN4O. The van der Waals surface area contributed by atoms with Crippen LogP contribution < -0.4 is 11.1 Å². The molecule has 1 aromatic carbocycles. The first-order valence-corrected chi connectivity index (χ1v) is 8.06. The van der Waals surface area contributed by atoms with Crippen LogP contribution in [0.25, 0.3) is 0 Å². The Bertz CT molecular complexity index is 580. The van der Waals surface area contributed by atoms with E-state index in [-0.39, 0.29) is 11.7 Å². The van der Waals surface area contributed by atoms with Crippen LogP contribution in [0.5, 0.6) is 0 Å². The van der Waals surface area contributed by atoms with Crippen LogP contribution in [0.3, 0.4) is 0 Å². The molecule has 1 aromatic rings. The lowest BCUT2D eigenvalue weighted by molar-refractivity contribution is 0.0954. The molecular weight excluding hydrogens is 295 g/mol. The molecule has 3 N–H and O–H groups in total. The van der Waals surface area contributed by atoms with Gasteiger partial charge >= 0.3 is 0 Å². The Kier molecular flexibility index (Phi) is 5.96. The quantitative estimate of drug-likeness (QED) is 0.506. The minimum atomic E-state index is -0.376. The zero-order valence-electron chi connectivity index (χ0n) is 13.8. The van der Waals surface area contributed by atoms with Gasteiger partial charge in [0.05, 0.1) is 6.54 Å². The number of carbonyl (C=O) groups excluding carboxylic acids is 1. The van der Waals surface area contributed by atoms with Gasteiger partial charge in [0.2, 0.25) is 0 Å². The molecule has 0 aromatic heterocycles. The Labute approximate surface area is 136 Å². The van der Waals surface area contributed by atoms with E-state index in [4.69, 9.17) is 5.73 Å². The number of amides is 1. The second kappa shape index (κ2) is 7.94. The Balaban J connectivity index is 1.76. The molecule has 0 unspecified atom stereocenters. The number of hydrogen-bond donors (Lipinski definition) is 2. The summed E-state index contributed by atoms with van der Waals surface area (Å²) in [4.78, 5) is 18.3. The van der Waals surface area contributed by atoms with Crippen molar-refractivity contribution in [2.45, 2.75) is 26.7 Å². The van der Waals surface area contributed by atoms with Crippen molar-refractivity contribution in [1.82, 2.24) is 10.2 Å². The molecule has 23 heavy (non-hydrogen) atoms. The maximum atomic E-state index is 13.4. The average Bonchev–Trinajstić information content (AvgIpc) is 2.54. The first-order chi connectivity index (χ1) is 11.0. The van der Waals surface area contributed by atoms with Crippen molar-refractivity contribution in [2.24, 2.45) is 16.6 Å². The van der Waals surface area contributed by atoms with Crippen LogP contribution in [0.4, 0.5) is 4.39 Å². The van der Waals surface area contributed by atoms with Gasteiger partial charge in [-0.3, -0.25) is 9.79 Å². The monoisotopic (exact) mass is 320 g/mol. The Hall–Kier alpha value is -2.11. The van der Waals surface area contributed by atoms with Gasteiger partial charge in [-0.1, -0.05) is 13.0 Å². The van der Waals surface area contributed by atoms with Crippen LogP contribution in [-0.4, -0.2) is 42.9 Å². The third-order valence-electron chi connectivity index (χ3n) is 4.21. The smallest absolute Gasteiger partial charge is 0.251 e. The highest BCUT2D eigenvalue weighted by molar-refractivity contribution is 5.94. The minimum Gasteiger partial charge on any atom is -0.370 e. The maximum absolute atomic E-state index is 13.4. The molecule has 0 atom stereocenters. The van der Waals surface area contributed by atoms with Gasteiger partial charge in [0.15, 0.2) is 5.96 Å². The first-order valence-electron chi connectivity index (χ1n) is 8.06. The van der Waals surface area contributed by atoms with Crippen molar-refractivity contribution in [3.05, 3.63) is 35.1 Å². The number of nitrogens with zero attached hydrogens (tertiary/aromatic N) is 2. The number of guanidine groups is 1. The summed E-state index contributed by atoms with van der Waals surface area (Å²) in [5, 5.41) is 2.72. The molecule has 0 aliphatic carbocycles. The normalized spacial score (nSPS) is 16.5. The fraction of sp³-hybridized carbons (Fsp3) is 0.529. The molecule has 6 heteroatoms. The number of nitrogens with one attached hydrogen (secondary N) is 1. The van der Waals surface area contributed by atoms with Gasteiger partial charge in [-0.05, 0) is 43.4 Å². The highest BCUT2D eigenvalue weighted by Crippen LogP contribution is 2.15. The predicted molar refractivity (Wildman–Crippen MR) is 89.9 cm³/mol. The molecule has 0 bridgehead atoms. The average molecular weight is 320 g/mol. The predicted octanol–water partition coefficient (Wildman–Crippen LogP) is 1.91. The van der Waals surface area contributed by atoms with Crippen LogP contribution in [0.2, 0.25) is 0 Å². The zero-order chi connectivity index (χ0) is 16.8. The molecule has 1 aliphatic rings. The molecule has 2 rings (SSSR count). The van der Waals surface area contributed by atoms with Crippen molar-refractivity contribution in [2.75, 3.05) is 26.2 Å². The van der Waals surface area contributed by atoms with Gasteiger partial charge in [-0.2, -0.15) is 0 Å². The largest absolute Gasteiger partial charge is 0.370 e. The van der Waals surface area contributed by atoms with Gasteiger partial charge in [-0.25, -0.2) is 4.39 Å². The van der Waals surface area contributed by atoms with E-state index in [9.17, 15) is 9.18 Å². The lowest BCUT2D eigenvalue weighted by Crippen LogP contribution is -2.42. The number of likely N-dealkylation sites (tertiary alicyclic amines) is 1. The van der Waals surface area contributed by atoms with Gasteiger partial charge < -0.3 is 16.0 Å². The standard InChI is InChI=1S/C17H25FN4O/c1-12-5-9-22(10-6-12)17(19)21-8-7-20-16(23)14-4-3-13(2)15(18)11-14/h3-4,11-12H,5-10H2,1-2H3,(H2,19,21)(H,20,23). The fourth-order valence-electron chi connectivity index (χ4n) is 2.51. The lowest BCUT2D eigenvalue weighted by Gasteiger charge is -2.31. The first kappa shape index (κ1) is 17.2. The summed E-state index contributed by atoms with van der Waals surface area (Å²) >= 11 is 0. The highest BCUT2D eigenvalue weighted by atomic mass is 19.1. The molecule has 1 saturated heterocycles. The van der Waals surface area contributed by atoms with Crippen LogP contribution in [0.1, 0.15) is 35.7 Å². The number of nitrogens with two attached hydrogens (primary N) is 1. The minimum absolute atomic E-state index is 0.301. The van der Waals surface area contributed by atoms with E-state index in [1.165, 1.54) is 6.07 Å². The van der Waals surface area contributed by atoms with Crippen molar-refractivity contribution < 1.29 is 9.18 Å². The molecule has 5 nitrogen and oxygen atoms in total. The molecule has 1 amide bonds. The summed E-state index contributed by atoms with van der Waals surface area (Å²) < 4.78 is 13.4. The van der Waals surface area contributed by atoms with Gasteiger partial charge in [-0.15, -0.1) is 0 Å². The summed E-state index contributed by atoms with van der Waals surface area (Å²) in [5.41, 5.74) is 6.81. The summed E-state index contributed by atoms with van der Waals surface area (Å²) in [6, 6.07) is 4.45. The zero-order valence-corrected chi connectivity index (χ0v) is 13.8. The Morgan fingerprint density at radius 1 is 1.43 bits per heavy atom. The summed E-state index contributed by atoms with van der Waals surface area (Å²) in [5.74, 6) is 0.601. The van der Waals surface area contributed by atoms with E-state index < -0.39 is 0 Å². The lowest BCUT2D eigenvalue weighted by atomic mass is 10.00. The van der Waals surface area contributed by atoms with E-state index in [1.807, 2.05) is 0 Å². The number of aliphatic imine (C=N–C) groups is 1. The molecule has 0 radical (unpaired) electrons. The van der Waals surface area contributed by atoms with Gasteiger partial charge in [0, 0.05) is 25.2 Å². The number of halogens is 1. The fourth-order valence-corrected chi connectivity index (χ4v) is 2.51. The van der Waals surface area contributed by atoms with Gasteiger partial charge in [0.1, 0.15) is 5.82 Å². The number of rotatable bonds is 4. The van der Waals surface area contributed by atoms with E-state index >= 15 is 0 Å². The second-order valence-corrected chi connectivity index (χ2v) is 6.13. The highest BCUT2D eigenvalue weighted by Gasteiger charge is 2.16. The van der Waals surface area contributed by atoms with Crippen molar-refractivity contribution >= 4 is 11.9 Å². The third kappa shape index (κ3) is 4.94. The number of hydrogen-bond acceptors (Lipinski definition) is 2. The van der Waals surface area contributed by atoms with Crippen LogP contribution >= 0.6 is 0 Å². The Morgan fingerprint density at radius 2 is 2.13 bits per heavy atom. The van der Waals surface area contributed by atoms with E-state index in [0.29, 0.717) is 30.2 Å². The third-order valence-corrected chi connectivity index (χ3v) is 4.21. The van der Waals surface area contributed by atoms with Crippen molar-refractivity contribution in [3.8, 4) is 0 Å². The molecule has 0 spiro atoms. The summed E-state index contributed by atoms with van der Waals surface area (Å²) in [6.07, 6.45) is 2.26. The number of benzene rings is 1. The van der Waals surface area contributed by atoms with Crippen molar-refractivity contribution in [1.29, 1.82) is 0 Å². The van der Waals surface area contributed by atoms with E-state index in [2.05, 4.69) is 22.1 Å². The second-order valence-electron chi connectivity index (χ2n) is 6.13. The van der Waals surface area contributed by atoms with Crippen LogP contribution in [0, 0.1) is 18.7 Å². The maximum Gasteiger partial charge on any atom is 0.251 e. The molecule has 1 aliphatic heterocycles. The SMILES string of the molecule is Cc1ccc(C(=O)NCCN=C(N)N2CCC(C)CC2)cc1F. The van der Waals surface area contributed by atoms with Crippen LogP contribution in [0.15, 0.2) is 23.2 Å². The molecule has 1 heterocycles. The number of aryl methyl sites for hydroxylation is 1. The van der Waals surface area contributed by atoms with E-state index in [0.717, 1.165) is 31.8 Å².